The number of rotatable bonds is 11. The molecule has 0 amide bonds. The Labute approximate surface area is 203 Å². The Morgan fingerprint density at radius 2 is 0.875 bits per heavy atom. The Bertz CT molecular complexity index is 782. The highest BCUT2D eigenvalue weighted by Gasteiger charge is 2.18. The summed E-state index contributed by atoms with van der Waals surface area (Å²) in [6.45, 7) is 14.5. The molecule has 0 atom stereocenters. The van der Waals surface area contributed by atoms with Gasteiger partial charge < -0.3 is 18.9 Å². The summed E-state index contributed by atoms with van der Waals surface area (Å²) in [6, 6.07) is 12.0. The fourth-order valence-corrected chi connectivity index (χ4v) is 3.17. The molecule has 0 aliphatic rings. The van der Waals surface area contributed by atoms with Crippen molar-refractivity contribution in [2.75, 3.05) is 38.2 Å². The van der Waals surface area contributed by atoms with E-state index in [1.54, 1.807) is 0 Å². The zero-order chi connectivity index (χ0) is 23.8. The average Bonchev–Trinajstić information content (AvgIpc) is 2.73. The summed E-state index contributed by atoms with van der Waals surface area (Å²) in [4.78, 5) is 0. The van der Waals surface area contributed by atoms with Gasteiger partial charge in [-0.2, -0.15) is 0 Å². The smallest absolute Gasteiger partial charge is 0.161 e. The van der Waals surface area contributed by atoms with Gasteiger partial charge in [-0.25, -0.2) is 0 Å². The second-order valence-corrected chi connectivity index (χ2v) is 10.4. The van der Waals surface area contributed by atoms with Crippen molar-refractivity contribution in [1.82, 2.24) is 0 Å². The molecule has 178 valence electrons. The molecule has 0 N–H and O–H groups in total. The van der Waals surface area contributed by atoms with E-state index in [1.807, 2.05) is 24.3 Å². The van der Waals surface area contributed by atoms with Crippen molar-refractivity contribution >= 4 is 23.2 Å². The largest absolute Gasteiger partial charge is 0.488 e. The van der Waals surface area contributed by atoms with Crippen molar-refractivity contribution in [3.05, 3.63) is 47.5 Å². The summed E-state index contributed by atoms with van der Waals surface area (Å²) >= 11 is 11.6. The molecule has 32 heavy (non-hydrogen) atoms. The summed E-state index contributed by atoms with van der Waals surface area (Å²) < 4.78 is 23.6. The fraction of sp³-hybridized carbons (Fsp3) is 0.538. The van der Waals surface area contributed by atoms with Gasteiger partial charge in [0.25, 0.3) is 0 Å². The molecule has 0 heterocycles. The van der Waals surface area contributed by atoms with E-state index in [1.165, 1.54) is 11.1 Å². The molecule has 0 fully saturated rings. The van der Waals surface area contributed by atoms with Crippen LogP contribution in [0.2, 0.25) is 0 Å². The van der Waals surface area contributed by atoms with Gasteiger partial charge in [0, 0.05) is 0 Å². The molecule has 0 aliphatic carbocycles. The zero-order valence-electron chi connectivity index (χ0n) is 20.1. The standard InChI is InChI=1S/C26H36Cl2O4/c1-25(2,3)19-7-9-21(23(17-19)29-13-11-27)31-15-16-32-22-10-8-20(26(4,5)6)18-24(22)30-14-12-28/h7-10,17-18H,11-16H2,1-6H3. The van der Waals surface area contributed by atoms with Crippen LogP contribution in [0.25, 0.3) is 0 Å². The molecule has 0 aliphatic heterocycles. The van der Waals surface area contributed by atoms with Crippen LogP contribution in [0.1, 0.15) is 52.7 Å². The molecule has 0 unspecified atom stereocenters. The van der Waals surface area contributed by atoms with E-state index in [9.17, 15) is 0 Å². The summed E-state index contributed by atoms with van der Waals surface area (Å²) in [7, 11) is 0. The number of benzene rings is 2. The van der Waals surface area contributed by atoms with Gasteiger partial charge in [-0.05, 0) is 46.2 Å². The van der Waals surface area contributed by atoms with Crippen molar-refractivity contribution in [2.45, 2.75) is 52.4 Å². The van der Waals surface area contributed by atoms with Crippen LogP contribution in [0.15, 0.2) is 36.4 Å². The highest BCUT2D eigenvalue weighted by molar-refractivity contribution is 6.18. The van der Waals surface area contributed by atoms with Crippen LogP contribution in [-0.2, 0) is 10.8 Å². The summed E-state index contributed by atoms with van der Waals surface area (Å²) in [5.41, 5.74) is 2.37. The van der Waals surface area contributed by atoms with Crippen LogP contribution in [0.5, 0.6) is 23.0 Å². The molecule has 0 saturated heterocycles. The minimum atomic E-state index is 0.0133. The Hall–Kier alpha value is -1.78. The van der Waals surface area contributed by atoms with Gasteiger partial charge in [0.05, 0.1) is 11.8 Å². The average molecular weight is 483 g/mol. The molecule has 6 heteroatoms. The summed E-state index contributed by atoms with van der Waals surface area (Å²) in [5, 5.41) is 0. The van der Waals surface area contributed by atoms with E-state index >= 15 is 0 Å². The van der Waals surface area contributed by atoms with Crippen LogP contribution in [0.4, 0.5) is 0 Å². The van der Waals surface area contributed by atoms with Crippen LogP contribution < -0.4 is 18.9 Å². The molecule has 2 aromatic rings. The lowest BCUT2D eigenvalue weighted by Crippen LogP contribution is -2.14. The van der Waals surface area contributed by atoms with Crippen molar-refractivity contribution in [3.8, 4) is 23.0 Å². The lowest BCUT2D eigenvalue weighted by Gasteiger charge is -2.22. The summed E-state index contributed by atoms with van der Waals surface area (Å²) in [5.74, 6) is 3.56. The third-order valence-electron chi connectivity index (χ3n) is 4.89. The molecule has 0 radical (unpaired) electrons. The van der Waals surface area contributed by atoms with E-state index in [0.29, 0.717) is 61.2 Å². The van der Waals surface area contributed by atoms with E-state index in [2.05, 4.69) is 53.7 Å². The van der Waals surface area contributed by atoms with E-state index < -0.39 is 0 Å². The molecular weight excluding hydrogens is 447 g/mol. The van der Waals surface area contributed by atoms with Gasteiger partial charge in [-0.3, -0.25) is 0 Å². The van der Waals surface area contributed by atoms with Gasteiger partial charge in [0.15, 0.2) is 23.0 Å². The monoisotopic (exact) mass is 482 g/mol. The van der Waals surface area contributed by atoms with Gasteiger partial charge in [-0.1, -0.05) is 53.7 Å². The third-order valence-corrected chi connectivity index (χ3v) is 5.20. The minimum Gasteiger partial charge on any atom is -0.488 e. The Morgan fingerprint density at radius 3 is 1.19 bits per heavy atom. The normalized spacial score (nSPS) is 11.9. The quantitative estimate of drug-likeness (QED) is 0.255. The van der Waals surface area contributed by atoms with Crippen molar-refractivity contribution < 1.29 is 18.9 Å². The fourth-order valence-electron chi connectivity index (χ4n) is 3.01. The van der Waals surface area contributed by atoms with Gasteiger partial charge in [0.2, 0.25) is 0 Å². The first kappa shape index (κ1) is 26.5. The van der Waals surface area contributed by atoms with Crippen LogP contribution in [0, 0.1) is 0 Å². The molecule has 2 aromatic carbocycles. The number of hydrogen-bond donors (Lipinski definition) is 0. The summed E-state index contributed by atoms with van der Waals surface area (Å²) in [6.07, 6.45) is 0. The van der Waals surface area contributed by atoms with Crippen molar-refractivity contribution in [3.63, 3.8) is 0 Å². The number of halogens is 2. The predicted molar refractivity (Wildman–Crippen MR) is 134 cm³/mol. The van der Waals surface area contributed by atoms with Crippen LogP contribution >= 0.6 is 23.2 Å². The van der Waals surface area contributed by atoms with Crippen LogP contribution in [0.3, 0.4) is 0 Å². The molecule has 0 spiro atoms. The Kier molecular flexibility index (Phi) is 9.84. The highest BCUT2D eigenvalue weighted by atomic mass is 35.5. The van der Waals surface area contributed by atoms with Gasteiger partial charge in [0.1, 0.15) is 26.4 Å². The number of ether oxygens (including phenoxy) is 4. The number of hydrogen-bond acceptors (Lipinski definition) is 4. The lowest BCUT2D eigenvalue weighted by molar-refractivity contribution is 0.201. The Balaban J connectivity index is 2.06. The van der Waals surface area contributed by atoms with Gasteiger partial charge >= 0.3 is 0 Å². The second kappa shape index (κ2) is 11.9. The molecular formula is C26H36Cl2O4. The van der Waals surface area contributed by atoms with Crippen LogP contribution in [-0.4, -0.2) is 38.2 Å². The molecule has 0 aromatic heterocycles. The number of alkyl halides is 2. The highest BCUT2D eigenvalue weighted by Crippen LogP contribution is 2.35. The van der Waals surface area contributed by atoms with Crippen molar-refractivity contribution in [2.24, 2.45) is 0 Å². The van der Waals surface area contributed by atoms with E-state index in [0.717, 1.165) is 0 Å². The third kappa shape index (κ3) is 7.97. The maximum absolute atomic E-state index is 5.97. The topological polar surface area (TPSA) is 36.9 Å². The lowest BCUT2D eigenvalue weighted by atomic mass is 9.87. The SMILES string of the molecule is CC(C)(C)c1ccc(OCCOc2ccc(C(C)(C)C)cc2OCCCl)c(OCCCl)c1. The molecule has 4 nitrogen and oxygen atoms in total. The zero-order valence-corrected chi connectivity index (χ0v) is 21.6. The first-order valence-electron chi connectivity index (χ1n) is 11.0. The molecule has 0 bridgehead atoms. The minimum absolute atomic E-state index is 0.0133. The maximum Gasteiger partial charge on any atom is 0.161 e. The first-order chi connectivity index (χ1) is 15.1. The van der Waals surface area contributed by atoms with Gasteiger partial charge in [-0.15, -0.1) is 23.2 Å². The second-order valence-electron chi connectivity index (χ2n) is 9.59. The predicted octanol–water partition coefficient (Wildman–Crippen LogP) is 6.97. The van der Waals surface area contributed by atoms with E-state index in [4.69, 9.17) is 42.1 Å². The first-order valence-corrected chi connectivity index (χ1v) is 12.1. The maximum atomic E-state index is 5.97. The Morgan fingerprint density at radius 1 is 0.531 bits per heavy atom. The molecule has 0 saturated carbocycles. The van der Waals surface area contributed by atoms with E-state index in [-0.39, 0.29) is 10.8 Å². The van der Waals surface area contributed by atoms with Crippen molar-refractivity contribution in [1.29, 1.82) is 0 Å². The molecule has 2 rings (SSSR count).